The van der Waals surface area contributed by atoms with Crippen LogP contribution in [0.4, 0.5) is 25.0 Å². The lowest BCUT2D eigenvalue weighted by Gasteiger charge is -2.32. The van der Waals surface area contributed by atoms with Gasteiger partial charge in [0.05, 0.1) is 36.3 Å². The zero-order valence-corrected chi connectivity index (χ0v) is 16.1. The van der Waals surface area contributed by atoms with Gasteiger partial charge in [-0.3, -0.25) is 9.45 Å². The Hall–Kier alpha value is -2.71. The van der Waals surface area contributed by atoms with Gasteiger partial charge in [0.2, 0.25) is 0 Å². The Labute approximate surface area is 166 Å². The molecule has 0 bridgehead atoms. The second kappa shape index (κ2) is 8.34. The Morgan fingerprint density at radius 1 is 1.38 bits per heavy atom. The first kappa shape index (κ1) is 21.0. The van der Waals surface area contributed by atoms with Gasteiger partial charge in [0, 0.05) is 19.0 Å². The number of piperidine rings is 1. The van der Waals surface area contributed by atoms with Crippen LogP contribution in [0.5, 0.6) is 0 Å². The number of amides is 1. The van der Waals surface area contributed by atoms with Gasteiger partial charge in [0.15, 0.2) is 0 Å². The maximum Gasteiger partial charge on any atom is 0.414 e. The second-order valence-electron chi connectivity index (χ2n) is 6.84. The Morgan fingerprint density at radius 2 is 2.14 bits per heavy atom. The third-order valence-corrected chi connectivity index (χ3v) is 5.61. The lowest BCUT2D eigenvalue weighted by molar-refractivity contribution is 0.139. The molecule has 0 radical (unpaired) electrons. The van der Waals surface area contributed by atoms with Gasteiger partial charge in [-0.25, -0.2) is 13.6 Å². The number of rotatable bonds is 5. The lowest BCUT2D eigenvalue weighted by atomic mass is 10.0. The molecule has 11 heteroatoms. The molecule has 1 N–H and O–H groups in total. The smallest absolute Gasteiger partial charge is 0.414 e. The second-order valence-corrected chi connectivity index (χ2v) is 8.41. The van der Waals surface area contributed by atoms with Gasteiger partial charge >= 0.3 is 6.09 Å². The molecule has 2 heterocycles. The predicted octanol–water partition coefficient (Wildman–Crippen LogP) is 2.43. The van der Waals surface area contributed by atoms with Crippen LogP contribution in [0.3, 0.4) is 0 Å². The summed E-state index contributed by atoms with van der Waals surface area (Å²) in [7, 11) is -4.18. The fourth-order valence-electron chi connectivity index (χ4n) is 3.37. The fourth-order valence-corrected chi connectivity index (χ4v) is 3.93. The summed E-state index contributed by atoms with van der Waals surface area (Å²) in [5.41, 5.74) is 0.795. The Bertz CT molecular complexity index is 976. The number of carbonyl (C=O) groups excluding carboxylic acids is 1. The number of allylic oxidation sites excluding steroid dienone is 1. The summed E-state index contributed by atoms with van der Waals surface area (Å²) in [6, 6.07) is 5.88. The van der Waals surface area contributed by atoms with Crippen molar-refractivity contribution in [1.82, 2.24) is 0 Å². The summed E-state index contributed by atoms with van der Waals surface area (Å²) >= 11 is 0. The van der Waals surface area contributed by atoms with E-state index in [4.69, 9.17) is 14.6 Å². The van der Waals surface area contributed by atoms with E-state index >= 15 is 0 Å². The normalized spacial score (nSPS) is 23.9. The molecule has 2 fully saturated rings. The first-order valence-electron chi connectivity index (χ1n) is 8.88. The van der Waals surface area contributed by atoms with Crippen molar-refractivity contribution < 1.29 is 31.3 Å². The van der Waals surface area contributed by atoms with Crippen LogP contribution in [0.25, 0.3) is 0 Å². The van der Waals surface area contributed by atoms with E-state index in [1.165, 1.54) is 28.0 Å². The monoisotopic (exact) mass is 427 g/mol. The van der Waals surface area contributed by atoms with Crippen molar-refractivity contribution in [2.45, 2.75) is 25.1 Å². The van der Waals surface area contributed by atoms with Gasteiger partial charge in [-0.15, -0.1) is 0 Å². The van der Waals surface area contributed by atoms with Crippen molar-refractivity contribution in [3.05, 3.63) is 35.7 Å². The number of benzene rings is 1. The lowest BCUT2D eigenvalue weighted by Crippen LogP contribution is -2.38. The predicted molar refractivity (Wildman–Crippen MR) is 100 cm³/mol. The van der Waals surface area contributed by atoms with Gasteiger partial charge in [-0.1, -0.05) is 0 Å². The van der Waals surface area contributed by atoms with Crippen molar-refractivity contribution in [2.24, 2.45) is 0 Å². The highest BCUT2D eigenvalue weighted by molar-refractivity contribution is 7.85. The third-order valence-electron chi connectivity index (χ3n) is 4.86. The van der Waals surface area contributed by atoms with E-state index in [1.807, 2.05) is 0 Å². The van der Waals surface area contributed by atoms with Crippen molar-refractivity contribution >= 4 is 27.6 Å². The highest BCUT2D eigenvalue weighted by Gasteiger charge is 2.34. The van der Waals surface area contributed by atoms with Crippen LogP contribution >= 0.6 is 0 Å². The van der Waals surface area contributed by atoms with Gasteiger partial charge in [-0.2, -0.15) is 13.7 Å². The molecule has 0 saturated carbocycles. The van der Waals surface area contributed by atoms with Crippen LogP contribution in [-0.2, 0) is 14.9 Å². The average Bonchev–Trinajstić information content (AvgIpc) is 3.02. The Balaban J connectivity index is 1.69. The summed E-state index contributed by atoms with van der Waals surface area (Å²) in [5, 5.41) is 8.66. The van der Waals surface area contributed by atoms with Crippen molar-refractivity contribution in [3.63, 3.8) is 0 Å². The highest BCUT2D eigenvalue weighted by atomic mass is 32.2. The van der Waals surface area contributed by atoms with E-state index in [2.05, 4.69) is 0 Å². The van der Waals surface area contributed by atoms with Crippen LogP contribution in [0.15, 0.2) is 29.8 Å². The molecule has 2 saturated heterocycles. The molecular formula is C18H19F2N3O5S. The van der Waals surface area contributed by atoms with Gasteiger partial charge in [-0.05, 0) is 30.2 Å². The van der Waals surface area contributed by atoms with Crippen LogP contribution in [0.1, 0.15) is 12.8 Å². The average molecular weight is 427 g/mol. The van der Waals surface area contributed by atoms with E-state index in [0.29, 0.717) is 18.5 Å². The molecule has 2 atom stereocenters. The van der Waals surface area contributed by atoms with E-state index in [0.717, 1.165) is 6.07 Å². The minimum atomic E-state index is -4.18. The molecule has 1 aromatic carbocycles. The van der Waals surface area contributed by atoms with Crippen LogP contribution in [0, 0.1) is 17.1 Å². The van der Waals surface area contributed by atoms with Crippen molar-refractivity contribution in [1.29, 1.82) is 5.26 Å². The number of anilines is 2. The molecule has 0 aromatic heterocycles. The topological polar surface area (TPSA) is 111 Å². The van der Waals surface area contributed by atoms with E-state index in [-0.39, 0.29) is 30.9 Å². The summed E-state index contributed by atoms with van der Waals surface area (Å²) in [4.78, 5) is 14.7. The zero-order chi connectivity index (χ0) is 21.2. The number of cyclic esters (lactones) is 1. The number of carbonyl (C=O) groups is 1. The molecular weight excluding hydrogens is 408 g/mol. The quantitative estimate of drug-likeness (QED) is 0.567. The molecule has 1 unspecified atom stereocenters. The first-order valence-corrected chi connectivity index (χ1v) is 10.5. The molecule has 1 aromatic rings. The van der Waals surface area contributed by atoms with E-state index in [1.54, 1.807) is 6.07 Å². The van der Waals surface area contributed by atoms with E-state index < -0.39 is 40.1 Å². The molecule has 0 spiro atoms. The number of hydrogen-bond acceptors (Lipinski definition) is 6. The van der Waals surface area contributed by atoms with Gasteiger partial charge in [0.25, 0.3) is 10.1 Å². The largest absolute Gasteiger partial charge is 0.444 e. The van der Waals surface area contributed by atoms with Crippen molar-refractivity contribution in [3.8, 4) is 6.07 Å². The number of nitriles is 1. The zero-order valence-electron chi connectivity index (χ0n) is 15.3. The molecule has 2 aliphatic rings. The molecule has 0 aliphatic carbocycles. The molecule has 29 heavy (non-hydrogen) atoms. The molecule has 1 amide bonds. The van der Waals surface area contributed by atoms with Gasteiger partial charge in [0.1, 0.15) is 18.1 Å². The Kier molecular flexibility index (Phi) is 6.04. The van der Waals surface area contributed by atoms with Gasteiger partial charge < -0.3 is 9.64 Å². The van der Waals surface area contributed by atoms with Crippen LogP contribution < -0.4 is 9.80 Å². The summed E-state index contributed by atoms with van der Waals surface area (Å²) in [6.45, 7) is 0.298. The molecule has 2 aliphatic heterocycles. The minimum Gasteiger partial charge on any atom is -0.444 e. The van der Waals surface area contributed by atoms with E-state index in [9.17, 15) is 22.0 Å². The minimum absolute atomic E-state index is 0.0196. The molecule has 8 nitrogen and oxygen atoms in total. The van der Waals surface area contributed by atoms with Crippen molar-refractivity contribution in [2.75, 3.05) is 35.2 Å². The fraction of sp³-hybridized carbons (Fsp3) is 0.444. The standard InChI is InChI=1S/C18H19F2N3O5S/c19-15-9-13(23-10-14(28-18(23)24)5-8-29(25,26)27)1-2-17(15)22-7-4-12(3-6-21)16(20)11-22/h1-3,9,14,16H,4-5,7-8,10-11H2,(H,25,26,27)/t14-,16?/m1/s1. The summed E-state index contributed by atoms with van der Waals surface area (Å²) < 4.78 is 64.4. The molecule has 156 valence electrons. The number of hydrogen-bond donors (Lipinski definition) is 1. The number of ether oxygens (including phenoxy) is 1. The summed E-state index contributed by atoms with van der Waals surface area (Å²) in [6.07, 6.45) is -1.44. The summed E-state index contributed by atoms with van der Waals surface area (Å²) in [5.74, 6) is -1.19. The van der Waals surface area contributed by atoms with Crippen LogP contribution in [0.2, 0.25) is 0 Å². The first-order chi connectivity index (χ1) is 13.7. The SMILES string of the molecule is N#CC=C1CCN(c2ccc(N3C[C@@H](CCS(=O)(=O)O)OC3=O)cc2F)CC1F. The number of halogens is 2. The highest BCUT2D eigenvalue weighted by Crippen LogP contribution is 2.31. The number of nitrogens with zero attached hydrogens (tertiary/aromatic N) is 3. The van der Waals surface area contributed by atoms with Crippen LogP contribution in [-0.4, -0.2) is 56.7 Å². The number of alkyl halides is 1. The third kappa shape index (κ3) is 5.02. The Morgan fingerprint density at radius 3 is 2.76 bits per heavy atom. The maximum absolute atomic E-state index is 14.7. The molecule has 3 rings (SSSR count). The maximum atomic E-state index is 14.7.